The molecule has 0 radical (unpaired) electrons. The van der Waals surface area contributed by atoms with Gasteiger partial charge in [-0.15, -0.1) is 0 Å². The molecule has 3 N–H and O–H groups in total. The summed E-state index contributed by atoms with van der Waals surface area (Å²) in [7, 11) is 2.07. The van der Waals surface area contributed by atoms with Crippen LogP contribution in [-0.4, -0.2) is 23.1 Å². The quantitative estimate of drug-likeness (QED) is 0.592. The first kappa shape index (κ1) is 11.1. The monoisotopic (exact) mass is 221 g/mol. The first-order valence-electron chi connectivity index (χ1n) is 5.67. The third kappa shape index (κ3) is 2.24. The van der Waals surface area contributed by atoms with E-state index in [2.05, 4.69) is 34.3 Å². The highest BCUT2D eigenvalue weighted by Crippen LogP contribution is 2.35. The Bertz CT molecular complexity index is 375. The molecule has 2 rings (SSSR count). The van der Waals surface area contributed by atoms with Crippen LogP contribution in [0.1, 0.15) is 25.5 Å². The van der Waals surface area contributed by atoms with Crippen molar-refractivity contribution < 1.29 is 0 Å². The van der Waals surface area contributed by atoms with Crippen LogP contribution in [0.5, 0.6) is 0 Å². The SMILES string of the molecule is Cc1cc(N(C)C(C)C2CC2)nc(NN)n1. The molecule has 1 saturated carbocycles. The van der Waals surface area contributed by atoms with E-state index < -0.39 is 0 Å². The second-order valence-corrected chi connectivity index (χ2v) is 4.52. The average Bonchev–Trinajstić information content (AvgIpc) is 3.10. The van der Waals surface area contributed by atoms with Gasteiger partial charge in [-0.2, -0.15) is 4.98 Å². The van der Waals surface area contributed by atoms with Gasteiger partial charge in [0.15, 0.2) is 0 Å². The molecule has 88 valence electrons. The van der Waals surface area contributed by atoms with Crippen LogP contribution in [-0.2, 0) is 0 Å². The lowest BCUT2D eigenvalue weighted by atomic mass is 10.2. The van der Waals surface area contributed by atoms with Gasteiger partial charge in [0.25, 0.3) is 0 Å². The molecule has 0 aromatic carbocycles. The number of hydrogen-bond donors (Lipinski definition) is 2. The van der Waals surface area contributed by atoms with E-state index in [4.69, 9.17) is 5.84 Å². The summed E-state index contributed by atoms with van der Waals surface area (Å²) < 4.78 is 0. The average molecular weight is 221 g/mol. The number of nitrogens with zero attached hydrogens (tertiary/aromatic N) is 3. The van der Waals surface area contributed by atoms with Gasteiger partial charge in [-0.1, -0.05) is 0 Å². The molecule has 16 heavy (non-hydrogen) atoms. The highest BCUT2D eigenvalue weighted by Gasteiger charge is 2.31. The fourth-order valence-corrected chi connectivity index (χ4v) is 1.90. The number of hydrogen-bond acceptors (Lipinski definition) is 5. The van der Waals surface area contributed by atoms with Crippen LogP contribution in [0.25, 0.3) is 0 Å². The minimum atomic E-state index is 0.477. The first-order chi connectivity index (χ1) is 7.61. The fraction of sp³-hybridized carbons (Fsp3) is 0.636. The molecule has 5 heteroatoms. The Morgan fingerprint density at radius 1 is 1.50 bits per heavy atom. The number of aromatic nitrogens is 2. The van der Waals surface area contributed by atoms with E-state index in [1.807, 2.05) is 13.0 Å². The van der Waals surface area contributed by atoms with E-state index in [1.54, 1.807) is 0 Å². The molecule has 1 heterocycles. The maximum Gasteiger partial charge on any atom is 0.239 e. The summed E-state index contributed by atoms with van der Waals surface area (Å²) in [6.07, 6.45) is 2.66. The van der Waals surface area contributed by atoms with Crippen molar-refractivity contribution in [1.82, 2.24) is 9.97 Å². The van der Waals surface area contributed by atoms with Crippen LogP contribution in [0.3, 0.4) is 0 Å². The summed E-state index contributed by atoms with van der Waals surface area (Å²) in [5, 5.41) is 0. The number of rotatable bonds is 4. The van der Waals surface area contributed by atoms with Crippen molar-refractivity contribution in [3.05, 3.63) is 11.8 Å². The summed E-state index contributed by atoms with van der Waals surface area (Å²) in [4.78, 5) is 10.7. The number of anilines is 2. The predicted molar refractivity (Wildman–Crippen MR) is 65.2 cm³/mol. The van der Waals surface area contributed by atoms with E-state index >= 15 is 0 Å². The van der Waals surface area contributed by atoms with E-state index in [0.717, 1.165) is 17.4 Å². The molecule has 0 aliphatic heterocycles. The van der Waals surface area contributed by atoms with Crippen molar-refractivity contribution in [3.63, 3.8) is 0 Å². The Morgan fingerprint density at radius 3 is 2.75 bits per heavy atom. The molecule has 1 aromatic heterocycles. The summed E-state index contributed by atoms with van der Waals surface area (Å²) in [5.41, 5.74) is 3.42. The van der Waals surface area contributed by atoms with E-state index in [9.17, 15) is 0 Å². The van der Waals surface area contributed by atoms with E-state index in [1.165, 1.54) is 12.8 Å². The highest BCUT2D eigenvalue weighted by atomic mass is 15.3. The van der Waals surface area contributed by atoms with Crippen LogP contribution in [0.4, 0.5) is 11.8 Å². The zero-order chi connectivity index (χ0) is 11.7. The molecule has 1 aromatic rings. The van der Waals surface area contributed by atoms with Crippen molar-refractivity contribution in [3.8, 4) is 0 Å². The van der Waals surface area contributed by atoms with Gasteiger partial charge in [0, 0.05) is 24.8 Å². The Labute approximate surface area is 96.0 Å². The molecule has 0 amide bonds. The lowest BCUT2D eigenvalue weighted by Crippen LogP contribution is -2.31. The molecule has 1 aliphatic rings. The number of nitrogens with one attached hydrogen (secondary N) is 1. The van der Waals surface area contributed by atoms with Gasteiger partial charge >= 0.3 is 0 Å². The minimum absolute atomic E-state index is 0.477. The molecule has 5 nitrogen and oxygen atoms in total. The van der Waals surface area contributed by atoms with Gasteiger partial charge in [0.1, 0.15) is 5.82 Å². The van der Waals surface area contributed by atoms with Crippen molar-refractivity contribution in [2.45, 2.75) is 32.7 Å². The van der Waals surface area contributed by atoms with Gasteiger partial charge in [0.2, 0.25) is 5.95 Å². The van der Waals surface area contributed by atoms with Crippen molar-refractivity contribution in [1.29, 1.82) is 0 Å². The topological polar surface area (TPSA) is 67.1 Å². The summed E-state index contributed by atoms with van der Waals surface area (Å²) >= 11 is 0. The first-order valence-corrected chi connectivity index (χ1v) is 5.67. The Morgan fingerprint density at radius 2 is 2.19 bits per heavy atom. The fourth-order valence-electron chi connectivity index (χ4n) is 1.90. The summed E-state index contributed by atoms with van der Waals surface area (Å²) in [5.74, 6) is 7.56. The Hall–Kier alpha value is -1.36. The molecule has 1 unspecified atom stereocenters. The van der Waals surface area contributed by atoms with E-state index in [-0.39, 0.29) is 0 Å². The van der Waals surface area contributed by atoms with Crippen LogP contribution in [0.15, 0.2) is 6.07 Å². The van der Waals surface area contributed by atoms with Crippen LogP contribution >= 0.6 is 0 Å². The summed E-state index contributed by atoms with van der Waals surface area (Å²) in [6, 6.07) is 2.51. The van der Waals surface area contributed by atoms with Crippen LogP contribution < -0.4 is 16.2 Å². The lowest BCUT2D eigenvalue weighted by Gasteiger charge is -2.26. The van der Waals surface area contributed by atoms with Gasteiger partial charge in [-0.25, -0.2) is 10.8 Å². The van der Waals surface area contributed by atoms with Crippen LogP contribution in [0.2, 0.25) is 0 Å². The predicted octanol–water partition coefficient (Wildman–Crippen LogP) is 1.31. The van der Waals surface area contributed by atoms with E-state index in [0.29, 0.717) is 12.0 Å². The van der Waals surface area contributed by atoms with Gasteiger partial charge in [0.05, 0.1) is 0 Å². The maximum absolute atomic E-state index is 5.34. The van der Waals surface area contributed by atoms with Crippen molar-refractivity contribution in [2.24, 2.45) is 11.8 Å². The maximum atomic E-state index is 5.34. The number of nitrogens with two attached hydrogens (primary N) is 1. The highest BCUT2D eigenvalue weighted by molar-refractivity contribution is 5.44. The smallest absolute Gasteiger partial charge is 0.239 e. The molecule has 1 fully saturated rings. The standard InChI is InChI=1S/C11H19N5/c1-7-6-10(14-11(13-7)15-12)16(3)8(2)9-4-5-9/h6,8-9H,4-5,12H2,1-3H3,(H,13,14,15). The third-order valence-corrected chi connectivity index (χ3v) is 3.25. The zero-order valence-corrected chi connectivity index (χ0v) is 10.1. The molecular formula is C11H19N5. The molecule has 1 atom stereocenters. The minimum Gasteiger partial charge on any atom is -0.357 e. The molecular weight excluding hydrogens is 202 g/mol. The lowest BCUT2D eigenvalue weighted by molar-refractivity contribution is 0.603. The largest absolute Gasteiger partial charge is 0.357 e. The number of hydrazine groups is 1. The van der Waals surface area contributed by atoms with Gasteiger partial charge in [-0.05, 0) is 32.6 Å². The number of aryl methyl sites for hydroxylation is 1. The molecule has 1 aliphatic carbocycles. The molecule has 0 saturated heterocycles. The Balaban J connectivity index is 2.20. The van der Waals surface area contributed by atoms with Gasteiger partial charge < -0.3 is 4.90 Å². The normalized spacial score (nSPS) is 17.0. The second-order valence-electron chi connectivity index (χ2n) is 4.52. The zero-order valence-electron chi connectivity index (χ0n) is 10.1. The molecule has 0 spiro atoms. The van der Waals surface area contributed by atoms with Crippen molar-refractivity contribution in [2.75, 3.05) is 17.4 Å². The third-order valence-electron chi connectivity index (χ3n) is 3.25. The number of nitrogen functional groups attached to an aromatic ring is 1. The summed E-state index contributed by atoms with van der Waals surface area (Å²) in [6.45, 7) is 4.19. The van der Waals surface area contributed by atoms with Crippen molar-refractivity contribution >= 4 is 11.8 Å². The van der Waals surface area contributed by atoms with Gasteiger partial charge in [-0.3, -0.25) is 5.43 Å². The molecule has 0 bridgehead atoms. The second kappa shape index (κ2) is 4.25. The van der Waals surface area contributed by atoms with Crippen LogP contribution in [0, 0.1) is 12.8 Å². The Kier molecular flexibility index (Phi) is 2.96.